The first kappa shape index (κ1) is 23.7. The maximum absolute atomic E-state index is 13.0. The lowest BCUT2D eigenvalue weighted by atomic mass is 10.1. The average molecular weight is 486 g/mol. The second-order valence-electron chi connectivity index (χ2n) is 7.69. The summed E-state index contributed by atoms with van der Waals surface area (Å²) in [5.41, 5.74) is 2.31. The Morgan fingerprint density at radius 3 is 1.80 bits per heavy atom. The van der Waals surface area contributed by atoms with Gasteiger partial charge in [-0.15, -0.1) is 0 Å². The van der Waals surface area contributed by atoms with E-state index in [2.05, 4.69) is 10.6 Å². The molecule has 35 heavy (non-hydrogen) atoms. The van der Waals surface area contributed by atoms with Crippen molar-refractivity contribution in [1.82, 2.24) is 0 Å². The normalized spacial score (nSPS) is 10.9. The summed E-state index contributed by atoms with van der Waals surface area (Å²) in [7, 11) is -2.33. The Balaban J connectivity index is 1.45. The molecular weight excluding hydrogens is 462 g/mol. The van der Waals surface area contributed by atoms with E-state index in [0.29, 0.717) is 28.2 Å². The van der Waals surface area contributed by atoms with Gasteiger partial charge in [-0.3, -0.25) is 13.9 Å². The van der Waals surface area contributed by atoms with E-state index < -0.39 is 15.9 Å². The number of hydrogen-bond acceptors (Lipinski definition) is 4. The summed E-state index contributed by atoms with van der Waals surface area (Å²) in [4.78, 5) is 25.1. The number of nitrogens with zero attached hydrogens (tertiary/aromatic N) is 1. The highest BCUT2D eigenvalue weighted by molar-refractivity contribution is 7.92. The van der Waals surface area contributed by atoms with Crippen molar-refractivity contribution in [2.45, 2.75) is 4.90 Å². The minimum Gasteiger partial charge on any atom is -0.322 e. The van der Waals surface area contributed by atoms with Gasteiger partial charge in [0.2, 0.25) is 0 Å². The fraction of sp³-hybridized carbons (Fsp3) is 0.0370. The van der Waals surface area contributed by atoms with Crippen molar-refractivity contribution in [3.8, 4) is 0 Å². The molecule has 4 aromatic carbocycles. The van der Waals surface area contributed by atoms with Crippen LogP contribution < -0.4 is 14.9 Å². The van der Waals surface area contributed by atoms with Crippen LogP contribution in [0.2, 0.25) is 0 Å². The highest BCUT2D eigenvalue weighted by atomic mass is 32.2. The molecule has 0 fully saturated rings. The van der Waals surface area contributed by atoms with E-state index >= 15 is 0 Å². The van der Waals surface area contributed by atoms with Gasteiger partial charge in [0, 0.05) is 29.5 Å². The van der Waals surface area contributed by atoms with Crippen LogP contribution in [0.4, 0.5) is 17.1 Å². The van der Waals surface area contributed by atoms with E-state index in [0.717, 1.165) is 0 Å². The van der Waals surface area contributed by atoms with Gasteiger partial charge in [0.15, 0.2) is 0 Å². The van der Waals surface area contributed by atoms with Gasteiger partial charge in [-0.2, -0.15) is 0 Å². The largest absolute Gasteiger partial charge is 0.322 e. The first-order valence-corrected chi connectivity index (χ1v) is 12.2. The second-order valence-corrected chi connectivity index (χ2v) is 9.66. The quantitative estimate of drug-likeness (QED) is 0.384. The number of carbonyl (C=O) groups excluding carboxylic acids is 2. The summed E-state index contributed by atoms with van der Waals surface area (Å²) in [6.45, 7) is 0. The van der Waals surface area contributed by atoms with E-state index in [1.165, 1.54) is 23.5 Å². The molecule has 0 unspecified atom stereocenters. The summed E-state index contributed by atoms with van der Waals surface area (Å²) < 4.78 is 27.3. The molecule has 2 N–H and O–H groups in total. The zero-order valence-corrected chi connectivity index (χ0v) is 19.7. The Bertz CT molecular complexity index is 1440. The van der Waals surface area contributed by atoms with E-state index in [4.69, 9.17) is 0 Å². The number of para-hydroxylation sites is 1. The molecule has 7 nitrogen and oxygen atoms in total. The molecule has 0 aliphatic heterocycles. The van der Waals surface area contributed by atoms with Crippen LogP contribution in [0.1, 0.15) is 20.7 Å². The van der Waals surface area contributed by atoms with Crippen molar-refractivity contribution in [3.05, 3.63) is 120 Å². The van der Waals surface area contributed by atoms with Crippen molar-refractivity contribution < 1.29 is 18.0 Å². The summed E-state index contributed by atoms with van der Waals surface area (Å²) in [6, 6.07) is 30.1. The third-order valence-electron chi connectivity index (χ3n) is 5.31. The molecule has 0 aliphatic rings. The highest BCUT2D eigenvalue weighted by Gasteiger charge is 2.21. The van der Waals surface area contributed by atoms with Gasteiger partial charge >= 0.3 is 0 Å². The summed E-state index contributed by atoms with van der Waals surface area (Å²) in [5.74, 6) is -0.654. The van der Waals surface area contributed by atoms with Crippen LogP contribution in [0.15, 0.2) is 114 Å². The fourth-order valence-electron chi connectivity index (χ4n) is 3.37. The molecule has 4 rings (SSSR count). The number of anilines is 3. The summed E-state index contributed by atoms with van der Waals surface area (Å²) >= 11 is 0. The Morgan fingerprint density at radius 2 is 1.17 bits per heavy atom. The molecule has 0 heterocycles. The van der Waals surface area contributed by atoms with Crippen molar-refractivity contribution in [2.75, 3.05) is 22.0 Å². The smallest absolute Gasteiger partial charge is 0.264 e. The topological polar surface area (TPSA) is 95.6 Å². The first-order chi connectivity index (χ1) is 16.8. The Labute approximate surface area is 204 Å². The first-order valence-electron chi connectivity index (χ1n) is 10.8. The van der Waals surface area contributed by atoms with E-state index in [1.807, 2.05) is 12.1 Å². The van der Waals surface area contributed by atoms with Gasteiger partial charge in [-0.1, -0.05) is 42.5 Å². The van der Waals surface area contributed by atoms with Crippen molar-refractivity contribution in [2.24, 2.45) is 0 Å². The molecule has 0 aromatic heterocycles. The molecule has 176 valence electrons. The fourth-order valence-corrected chi connectivity index (χ4v) is 4.61. The van der Waals surface area contributed by atoms with Crippen molar-refractivity contribution in [1.29, 1.82) is 0 Å². The molecule has 2 amide bonds. The molecule has 0 saturated heterocycles. The lowest BCUT2D eigenvalue weighted by Gasteiger charge is -2.20. The lowest BCUT2D eigenvalue weighted by Crippen LogP contribution is -2.26. The van der Waals surface area contributed by atoms with Crippen LogP contribution in [0, 0.1) is 0 Å². The third kappa shape index (κ3) is 5.56. The van der Waals surface area contributed by atoms with Crippen LogP contribution in [-0.4, -0.2) is 27.3 Å². The zero-order chi connectivity index (χ0) is 24.8. The number of sulfonamides is 1. The second kappa shape index (κ2) is 10.2. The molecule has 8 heteroatoms. The molecule has 0 radical (unpaired) electrons. The van der Waals surface area contributed by atoms with Crippen LogP contribution in [0.5, 0.6) is 0 Å². The van der Waals surface area contributed by atoms with E-state index in [1.54, 1.807) is 84.9 Å². The molecule has 0 bridgehead atoms. The third-order valence-corrected chi connectivity index (χ3v) is 7.09. The number of benzene rings is 4. The monoisotopic (exact) mass is 485 g/mol. The summed E-state index contributed by atoms with van der Waals surface area (Å²) in [5, 5.41) is 5.51. The van der Waals surface area contributed by atoms with Crippen LogP contribution in [0.25, 0.3) is 0 Å². The predicted molar refractivity (Wildman–Crippen MR) is 137 cm³/mol. The maximum atomic E-state index is 13.0. The molecule has 4 aromatic rings. The number of rotatable bonds is 7. The number of amides is 2. The van der Waals surface area contributed by atoms with Gasteiger partial charge in [0.05, 0.1) is 10.6 Å². The van der Waals surface area contributed by atoms with E-state index in [9.17, 15) is 18.0 Å². The summed E-state index contributed by atoms with van der Waals surface area (Å²) in [6.07, 6.45) is 0. The van der Waals surface area contributed by atoms with Crippen LogP contribution in [0.3, 0.4) is 0 Å². The average Bonchev–Trinajstić information content (AvgIpc) is 2.89. The van der Waals surface area contributed by atoms with Gasteiger partial charge in [-0.25, -0.2) is 8.42 Å². The Kier molecular flexibility index (Phi) is 6.93. The number of carbonyl (C=O) groups is 2. The lowest BCUT2D eigenvalue weighted by molar-refractivity contribution is 0.102. The van der Waals surface area contributed by atoms with E-state index in [-0.39, 0.29) is 10.8 Å². The van der Waals surface area contributed by atoms with Gasteiger partial charge < -0.3 is 10.6 Å². The standard InChI is InChI=1S/C27H23N3O4S/c1-30(24-12-6-3-7-13-24)35(33,34)25-14-8-11-23(19-25)29-27(32)21-15-17-22(18-16-21)28-26(31)20-9-4-2-5-10-20/h2-19H,1H3,(H,28,31)(H,29,32). The highest BCUT2D eigenvalue weighted by Crippen LogP contribution is 2.24. The molecular formula is C27H23N3O4S. The minimum absolute atomic E-state index is 0.0561. The maximum Gasteiger partial charge on any atom is 0.264 e. The number of hydrogen-bond donors (Lipinski definition) is 2. The number of nitrogens with one attached hydrogen (secondary N) is 2. The molecule has 0 saturated carbocycles. The SMILES string of the molecule is CN(c1ccccc1)S(=O)(=O)c1cccc(NC(=O)c2ccc(NC(=O)c3ccccc3)cc2)c1. The molecule has 0 atom stereocenters. The minimum atomic E-state index is -3.81. The zero-order valence-electron chi connectivity index (χ0n) is 18.9. The molecule has 0 aliphatic carbocycles. The molecule has 0 spiro atoms. The van der Waals surface area contributed by atoms with Crippen molar-refractivity contribution >= 4 is 38.9 Å². The van der Waals surface area contributed by atoms with Crippen molar-refractivity contribution in [3.63, 3.8) is 0 Å². The van der Waals surface area contributed by atoms with Gasteiger partial charge in [-0.05, 0) is 66.7 Å². The van der Waals surface area contributed by atoms with Crippen LogP contribution in [-0.2, 0) is 10.0 Å². The van der Waals surface area contributed by atoms with Gasteiger partial charge in [0.25, 0.3) is 21.8 Å². The van der Waals surface area contributed by atoms with Gasteiger partial charge in [0.1, 0.15) is 0 Å². The Morgan fingerprint density at radius 1 is 0.629 bits per heavy atom. The van der Waals surface area contributed by atoms with Crippen LogP contribution >= 0.6 is 0 Å². The Hall–Kier alpha value is -4.43. The predicted octanol–water partition coefficient (Wildman–Crippen LogP) is 5.02.